The van der Waals surface area contributed by atoms with Crippen molar-refractivity contribution < 1.29 is 9.53 Å². The molecule has 0 unspecified atom stereocenters. The largest absolute Gasteiger partial charge is 0.484 e. The second-order valence-electron chi connectivity index (χ2n) is 5.41. The van der Waals surface area contributed by atoms with Crippen LogP contribution in [0.5, 0.6) is 5.75 Å². The van der Waals surface area contributed by atoms with E-state index in [-0.39, 0.29) is 18.6 Å². The summed E-state index contributed by atoms with van der Waals surface area (Å²) < 4.78 is 5.52. The third kappa shape index (κ3) is 4.77. The van der Waals surface area contributed by atoms with E-state index in [1.165, 1.54) is 0 Å². The first-order chi connectivity index (χ1) is 10.4. The lowest BCUT2D eigenvalue weighted by molar-refractivity contribution is -0.123. The van der Waals surface area contributed by atoms with E-state index < -0.39 is 0 Å². The van der Waals surface area contributed by atoms with Crippen LogP contribution < -0.4 is 10.1 Å². The Balaban J connectivity index is 1.79. The van der Waals surface area contributed by atoms with Gasteiger partial charge in [0.05, 0.1) is 5.69 Å². The highest BCUT2D eigenvalue weighted by molar-refractivity contribution is 6.30. The second-order valence-corrected chi connectivity index (χ2v) is 5.85. The van der Waals surface area contributed by atoms with E-state index in [1.807, 2.05) is 26.8 Å². The number of carbonyl (C=O) groups excluding carboxylic acids is 1. The number of benzene rings is 1. The molecule has 0 fully saturated rings. The summed E-state index contributed by atoms with van der Waals surface area (Å²) in [4.78, 5) is 11.9. The number of rotatable bonds is 6. The Morgan fingerprint density at radius 3 is 2.82 bits per heavy atom. The Kier molecular flexibility index (Phi) is 5.44. The SMILES string of the molecule is Cc1cc(C[C@@H](C)NC(=O)COc2ccc(Cl)cc2C)n[nH]1. The molecule has 2 rings (SSSR count). The average molecular weight is 322 g/mol. The van der Waals surface area contributed by atoms with Crippen LogP contribution in [0.15, 0.2) is 24.3 Å². The van der Waals surface area contributed by atoms with Crippen LogP contribution >= 0.6 is 11.6 Å². The molecule has 0 aliphatic heterocycles. The van der Waals surface area contributed by atoms with Crippen LogP contribution in [0.25, 0.3) is 0 Å². The summed E-state index contributed by atoms with van der Waals surface area (Å²) in [5.41, 5.74) is 2.84. The molecule has 2 aromatic rings. The molecule has 2 N–H and O–H groups in total. The van der Waals surface area contributed by atoms with Crippen molar-refractivity contribution in [1.29, 1.82) is 0 Å². The van der Waals surface area contributed by atoms with Crippen molar-refractivity contribution in [2.75, 3.05) is 6.61 Å². The van der Waals surface area contributed by atoms with Crippen molar-refractivity contribution in [3.63, 3.8) is 0 Å². The minimum Gasteiger partial charge on any atom is -0.484 e. The summed E-state index contributed by atoms with van der Waals surface area (Å²) in [6, 6.07) is 7.27. The number of aryl methyl sites for hydroxylation is 2. The highest BCUT2D eigenvalue weighted by Gasteiger charge is 2.11. The molecular formula is C16H20ClN3O2. The molecule has 1 aromatic carbocycles. The number of ether oxygens (including phenoxy) is 1. The minimum atomic E-state index is -0.158. The van der Waals surface area contributed by atoms with Crippen LogP contribution in [0.4, 0.5) is 0 Å². The predicted octanol–water partition coefficient (Wildman–Crippen LogP) is 2.81. The monoisotopic (exact) mass is 321 g/mol. The summed E-state index contributed by atoms with van der Waals surface area (Å²) in [6.07, 6.45) is 0.677. The Morgan fingerprint density at radius 1 is 1.41 bits per heavy atom. The quantitative estimate of drug-likeness (QED) is 0.859. The minimum absolute atomic E-state index is 0.00915. The number of halogens is 1. The Bertz CT molecular complexity index is 655. The molecule has 22 heavy (non-hydrogen) atoms. The van der Waals surface area contributed by atoms with E-state index in [2.05, 4.69) is 15.5 Å². The molecule has 6 heteroatoms. The van der Waals surface area contributed by atoms with Crippen LogP contribution in [0, 0.1) is 13.8 Å². The van der Waals surface area contributed by atoms with E-state index in [0.29, 0.717) is 17.2 Å². The first kappa shape index (κ1) is 16.4. The summed E-state index contributed by atoms with van der Waals surface area (Å²) in [5, 5.41) is 10.6. The molecular weight excluding hydrogens is 302 g/mol. The number of hydrogen-bond acceptors (Lipinski definition) is 3. The second kappa shape index (κ2) is 7.31. The third-order valence-corrected chi connectivity index (χ3v) is 3.41. The molecule has 1 atom stereocenters. The van der Waals surface area contributed by atoms with Gasteiger partial charge >= 0.3 is 0 Å². The summed E-state index contributed by atoms with van der Waals surface area (Å²) in [5.74, 6) is 0.504. The maximum Gasteiger partial charge on any atom is 0.258 e. The van der Waals surface area contributed by atoms with Gasteiger partial charge in [0.25, 0.3) is 5.91 Å². The van der Waals surface area contributed by atoms with Gasteiger partial charge in [0, 0.05) is 23.2 Å². The molecule has 5 nitrogen and oxygen atoms in total. The summed E-state index contributed by atoms with van der Waals surface area (Å²) in [7, 11) is 0. The topological polar surface area (TPSA) is 67.0 Å². The van der Waals surface area contributed by atoms with E-state index in [0.717, 1.165) is 17.0 Å². The van der Waals surface area contributed by atoms with Crippen LogP contribution in [-0.2, 0) is 11.2 Å². The number of aromatic amines is 1. The number of carbonyl (C=O) groups is 1. The van der Waals surface area contributed by atoms with E-state index in [4.69, 9.17) is 16.3 Å². The predicted molar refractivity (Wildman–Crippen MR) is 86.3 cm³/mol. The normalized spacial score (nSPS) is 12.0. The van der Waals surface area contributed by atoms with Gasteiger partial charge < -0.3 is 10.1 Å². The number of nitrogens with one attached hydrogen (secondary N) is 2. The lowest BCUT2D eigenvalue weighted by Gasteiger charge is -2.14. The fourth-order valence-corrected chi connectivity index (χ4v) is 2.40. The van der Waals surface area contributed by atoms with Crippen molar-refractivity contribution in [1.82, 2.24) is 15.5 Å². The first-order valence-electron chi connectivity index (χ1n) is 7.13. The van der Waals surface area contributed by atoms with Gasteiger partial charge in [0.1, 0.15) is 5.75 Å². The van der Waals surface area contributed by atoms with Gasteiger partial charge in [0.15, 0.2) is 6.61 Å². The van der Waals surface area contributed by atoms with Crippen molar-refractivity contribution >= 4 is 17.5 Å². The molecule has 0 aliphatic rings. The number of hydrogen-bond donors (Lipinski definition) is 2. The van der Waals surface area contributed by atoms with Gasteiger partial charge in [-0.15, -0.1) is 0 Å². The number of amides is 1. The average Bonchev–Trinajstić information content (AvgIpc) is 2.82. The van der Waals surface area contributed by atoms with Gasteiger partial charge in [0.2, 0.25) is 0 Å². The molecule has 0 aliphatic carbocycles. The third-order valence-electron chi connectivity index (χ3n) is 3.18. The van der Waals surface area contributed by atoms with Crippen LogP contribution in [-0.4, -0.2) is 28.8 Å². The molecule has 1 amide bonds. The van der Waals surface area contributed by atoms with Gasteiger partial charge in [-0.2, -0.15) is 5.10 Å². The van der Waals surface area contributed by atoms with Crippen molar-refractivity contribution in [2.45, 2.75) is 33.2 Å². The molecule has 0 radical (unpaired) electrons. The molecule has 0 spiro atoms. The smallest absolute Gasteiger partial charge is 0.258 e. The van der Waals surface area contributed by atoms with Gasteiger partial charge in [-0.1, -0.05) is 11.6 Å². The van der Waals surface area contributed by atoms with Gasteiger partial charge in [-0.25, -0.2) is 0 Å². The van der Waals surface area contributed by atoms with Crippen LogP contribution in [0.1, 0.15) is 23.9 Å². The van der Waals surface area contributed by atoms with Gasteiger partial charge in [-0.3, -0.25) is 9.89 Å². The van der Waals surface area contributed by atoms with Gasteiger partial charge in [-0.05, 0) is 50.6 Å². The van der Waals surface area contributed by atoms with E-state index >= 15 is 0 Å². The lowest BCUT2D eigenvalue weighted by Crippen LogP contribution is -2.37. The number of nitrogens with zero attached hydrogens (tertiary/aromatic N) is 1. The number of aromatic nitrogens is 2. The fraction of sp³-hybridized carbons (Fsp3) is 0.375. The standard InChI is InChI=1S/C16H20ClN3O2/c1-10-6-13(17)4-5-15(10)22-9-16(21)18-11(2)7-14-8-12(3)19-20-14/h4-6,8,11H,7,9H2,1-3H3,(H,18,21)(H,19,20)/t11-/m1/s1. The lowest BCUT2D eigenvalue weighted by atomic mass is 10.2. The Hall–Kier alpha value is -2.01. The Labute approximate surface area is 135 Å². The van der Waals surface area contributed by atoms with Crippen molar-refractivity contribution in [3.05, 3.63) is 46.2 Å². The molecule has 1 aromatic heterocycles. The molecule has 0 bridgehead atoms. The molecule has 0 saturated carbocycles. The zero-order valence-corrected chi connectivity index (χ0v) is 13.7. The zero-order chi connectivity index (χ0) is 16.1. The molecule has 1 heterocycles. The van der Waals surface area contributed by atoms with Crippen LogP contribution in [0.2, 0.25) is 5.02 Å². The molecule has 0 saturated heterocycles. The highest BCUT2D eigenvalue weighted by atomic mass is 35.5. The van der Waals surface area contributed by atoms with E-state index in [9.17, 15) is 4.79 Å². The number of H-pyrrole nitrogens is 1. The van der Waals surface area contributed by atoms with Crippen molar-refractivity contribution in [2.24, 2.45) is 0 Å². The summed E-state index contributed by atoms with van der Waals surface area (Å²) in [6.45, 7) is 5.76. The van der Waals surface area contributed by atoms with Crippen LogP contribution in [0.3, 0.4) is 0 Å². The van der Waals surface area contributed by atoms with Crippen molar-refractivity contribution in [3.8, 4) is 5.75 Å². The highest BCUT2D eigenvalue weighted by Crippen LogP contribution is 2.21. The molecule has 118 valence electrons. The van der Waals surface area contributed by atoms with E-state index in [1.54, 1.807) is 18.2 Å². The summed E-state index contributed by atoms with van der Waals surface area (Å²) >= 11 is 5.88. The Morgan fingerprint density at radius 2 is 2.18 bits per heavy atom. The fourth-order valence-electron chi connectivity index (χ4n) is 2.18. The maximum absolute atomic E-state index is 11.9. The maximum atomic E-state index is 11.9. The first-order valence-corrected chi connectivity index (χ1v) is 7.51. The zero-order valence-electron chi connectivity index (χ0n) is 12.9.